The van der Waals surface area contributed by atoms with E-state index in [2.05, 4.69) is 20.8 Å². The number of nitrogens with two attached hydrogens (primary N) is 1. The average molecular weight is 276 g/mol. The third kappa shape index (κ3) is 3.75. The van der Waals surface area contributed by atoms with E-state index in [1.807, 2.05) is 24.3 Å². The molecule has 1 atom stereocenters. The molecule has 1 heterocycles. The highest BCUT2D eigenvalue weighted by molar-refractivity contribution is 5.60. The van der Waals surface area contributed by atoms with E-state index in [0.717, 1.165) is 24.2 Å². The summed E-state index contributed by atoms with van der Waals surface area (Å²) >= 11 is 0. The van der Waals surface area contributed by atoms with Crippen LogP contribution >= 0.6 is 0 Å². The predicted octanol–water partition coefficient (Wildman–Crippen LogP) is 0.828. The molecule has 1 aromatic carbocycles. The van der Waals surface area contributed by atoms with E-state index in [9.17, 15) is 0 Å². The maximum absolute atomic E-state index is 5.57. The molecular formula is C13H20N6O. The number of tetrazole rings is 1. The van der Waals surface area contributed by atoms with Gasteiger partial charge in [0.25, 0.3) is 0 Å². The number of hydrogen-bond donors (Lipinski definition) is 2. The number of benzene rings is 1. The quantitative estimate of drug-likeness (QED) is 0.742. The molecule has 0 saturated heterocycles. The Morgan fingerprint density at radius 3 is 2.95 bits per heavy atom. The van der Waals surface area contributed by atoms with Crippen molar-refractivity contribution in [3.63, 3.8) is 0 Å². The van der Waals surface area contributed by atoms with Crippen LogP contribution in [0.25, 0.3) is 5.69 Å². The van der Waals surface area contributed by atoms with Gasteiger partial charge in [-0.15, -0.1) is 5.10 Å². The van der Waals surface area contributed by atoms with Crippen molar-refractivity contribution in [3.05, 3.63) is 30.6 Å². The SMILES string of the molecule is COCC(CCCN)Nc1ccccc1-n1cnnn1. The number of nitrogens with one attached hydrogen (secondary N) is 1. The normalized spacial score (nSPS) is 12.3. The van der Waals surface area contributed by atoms with Gasteiger partial charge in [0, 0.05) is 13.2 Å². The van der Waals surface area contributed by atoms with E-state index >= 15 is 0 Å². The predicted molar refractivity (Wildman–Crippen MR) is 76.7 cm³/mol. The molecule has 7 heteroatoms. The minimum atomic E-state index is 0.209. The summed E-state index contributed by atoms with van der Waals surface area (Å²) in [7, 11) is 1.70. The standard InChI is InChI=1S/C13H20N6O/c1-20-9-11(5-4-8-14)16-12-6-2-3-7-13(12)19-10-15-17-18-19/h2-3,6-7,10-11,16H,4-5,8-9,14H2,1H3. The second-order valence-corrected chi connectivity index (χ2v) is 4.50. The Morgan fingerprint density at radius 2 is 2.25 bits per heavy atom. The smallest absolute Gasteiger partial charge is 0.143 e. The number of ether oxygens (including phenoxy) is 1. The molecule has 0 aliphatic heterocycles. The van der Waals surface area contributed by atoms with Gasteiger partial charge in [0.2, 0.25) is 0 Å². The molecule has 3 N–H and O–H groups in total. The molecule has 0 radical (unpaired) electrons. The molecule has 1 unspecified atom stereocenters. The monoisotopic (exact) mass is 276 g/mol. The number of aromatic nitrogens is 4. The lowest BCUT2D eigenvalue weighted by Gasteiger charge is -2.20. The van der Waals surface area contributed by atoms with Gasteiger partial charge in [-0.25, -0.2) is 0 Å². The minimum absolute atomic E-state index is 0.209. The van der Waals surface area contributed by atoms with Crippen molar-refractivity contribution < 1.29 is 4.74 Å². The Bertz CT molecular complexity index is 501. The van der Waals surface area contributed by atoms with Gasteiger partial charge in [-0.2, -0.15) is 4.68 Å². The zero-order chi connectivity index (χ0) is 14.2. The Balaban J connectivity index is 2.15. The van der Waals surface area contributed by atoms with Crippen LogP contribution in [0.15, 0.2) is 30.6 Å². The molecule has 1 aromatic heterocycles. The number of methoxy groups -OCH3 is 1. The second-order valence-electron chi connectivity index (χ2n) is 4.50. The van der Waals surface area contributed by atoms with E-state index in [4.69, 9.17) is 10.5 Å². The summed E-state index contributed by atoms with van der Waals surface area (Å²) in [4.78, 5) is 0. The molecule has 7 nitrogen and oxygen atoms in total. The Hall–Kier alpha value is -1.99. The Labute approximate surface area is 118 Å². The molecule has 108 valence electrons. The van der Waals surface area contributed by atoms with Gasteiger partial charge in [0.1, 0.15) is 6.33 Å². The topological polar surface area (TPSA) is 90.9 Å². The van der Waals surface area contributed by atoms with Crippen molar-refractivity contribution in [1.29, 1.82) is 0 Å². The summed E-state index contributed by atoms with van der Waals surface area (Å²) in [6.45, 7) is 1.31. The summed E-state index contributed by atoms with van der Waals surface area (Å²) in [5, 5.41) is 14.7. The van der Waals surface area contributed by atoms with E-state index in [0.29, 0.717) is 13.2 Å². The number of rotatable bonds is 8. The molecular weight excluding hydrogens is 256 g/mol. The number of hydrogen-bond acceptors (Lipinski definition) is 6. The van der Waals surface area contributed by atoms with Crippen molar-refractivity contribution in [2.24, 2.45) is 5.73 Å². The maximum atomic E-state index is 5.57. The highest BCUT2D eigenvalue weighted by atomic mass is 16.5. The molecule has 2 aromatic rings. The Morgan fingerprint density at radius 1 is 1.40 bits per heavy atom. The lowest BCUT2D eigenvalue weighted by molar-refractivity contribution is 0.182. The summed E-state index contributed by atoms with van der Waals surface area (Å²) < 4.78 is 6.89. The summed E-state index contributed by atoms with van der Waals surface area (Å²) in [5.41, 5.74) is 7.45. The first kappa shape index (κ1) is 14.4. The van der Waals surface area contributed by atoms with Crippen LogP contribution in [0.2, 0.25) is 0 Å². The van der Waals surface area contributed by atoms with E-state index < -0.39 is 0 Å². The van der Waals surface area contributed by atoms with E-state index in [1.165, 1.54) is 0 Å². The molecule has 20 heavy (non-hydrogen) atoms. The van der Waals surface area contributed by atoms with Crippen LogP contribution in [-0.4, -0.2) is 46.5 Å². The highest BCUT2D eigenvalue weighted by Gasteiger charge is 2.11. The van der Waals surface area contributed by atoms with Crippen LogP contribution in [0.3, 0.4) is 0 Å². The molecule has 2 rings (SSSR count). The van der Waals surface area contributed by atoms with Gasteiger partial charge in [0.05, 0.1) is 18.0 Å². The lowest BCUT2D eigenvalue weighted by Crippen LogP contribution is -2.26. The summed E-state index contributed by atoms with van der Waals surface area (Å²) in [5.74, 6) is 0. The number of para-hydroxylation sites is 2. The first-order valence-electron chi connectivity index (χ1n) is 6.63. The first-order chi connectivity index (χ1) is 9.85. The van der Waals surface area contributed by atoms with Crippen molar-refractivity contribution >= 4 is 5.69 Å². The average Bonchev–Trinajstić information content (AvgIpc) is 2.99. The van der Waals surface area contributed by atoms with Gasteiger partial charge < -0.3 is 15.8 Å². The third-order valence-corrected chi connectivity index (χ3v) is 2.98. The van der Waals surface area contributed by atoms with Crippen molar-refractivity contribution in [2.75, 3.05) is 25.6 Å². The van der Waals surface area contributed by atoms with Gasteiger partial charge >= 0.3 is 0 Å². The fraction of sp³-hybridized carbons (Fsp3) is 0.462. The molecule has 0 aliphatic carbocycles. The van der Waals surface area contributed by atoms with Gasteiger partial charge in [-0.3, -0.25) is 0 Å². The lowest BCUT2D eigenvalue weighted by atomic mass is 10.1. The van der Waals surface area contributed by atoms with Crippen LogP contribution < -0.4 is 11.1 Å². The summed E-state index contributed by atoms with van der Waals surface area (Å²) in [6.07, 6.45) is 3.48. The van der Waals surface area contributed by atoms with Gasteiger partial charge in [0.15, 0.2) is 0 Å². The van der Waals surface area contributed by atoms with Crippen LogP contribution in [0.4, 0.5) is 5.69 Å². The highest BCUT2D eigenvalue weighted by Crippen LogP contribution is 2.20. The zero-order valence-electron chi connectivity index (χ0n) is 11.6. The molecule has 0 bridgehead atoms. The first-order valence-corrected chi connectivity index (χ1v) is 6.63. The van der Waals surface area contributed by atoms with Crippen LogP contribution in [-0.2, 0) is 4.74 Å². The molecule has 0 aliphatic rings. The van der Waals surface area contributed by atoms with Crippen molar-refractivity contribution in [2.45, 2.75) is 18.9 Å². The van der Waals surface area contributed by atoms with E-state index in [1.54, 1.807) is 18.1 Å². The minimum Gasteiger partial charge on any atom is -0.383 e. The number of nitrogens with zero attached hydrogens (tertiary/aromatic N) is 4. The number of anilines is 1. The fourth-order valence-corrected chi connectivity index (χ4v) is 2.05. The van der Waals surface area contributed by atoms with Crippen LogP contribution in [0.5, 0.6) is 0 Å². The summed E-state index contributed by atoms with van der Waals surface area (Å²) in [6, 6.07) is 8.10. The molecule has 0 fully saturated rings. The van der Waals surface area contributed by atoms with E-state index in [-0.39, 0.29) is 6.04 Å². The van der Waals surface area contributed by atoms with Crippen LogP contribution in [0.1, 0.15) is 12.8 Å². The van der Waals surface area contributed by atoms with Gasteiger partial charge in [-0.05, 0) is 41.9 Å². The van der Waals surface area contributed by atoms with Gasteiger partial charge in [-0.1, -0.05) is 12.1 Å². The second kappa shape index (κ2) is 7.56. The Kier molecular flexibility index (Phi) is 5.45. The largest absolute Gasteiger partial charge is 0.383 e. The maximum Gasteiger partial charge on any atom is 0.143 e. The third-order valence-electron chi connectivity index (χ3n) is 2.98. The molecule has 0 saturated carbocycles. The zero-order valence-corrected chi connectivity index (χ0v) is 11.6. The fourth-order valence-electron chi connectivity index (χ4n) is 2.05. The molecule has 0 spiro atoms. The van der Waals surface area contributed by atoms with Crippen molar-refractivity contribution in [1.82, 2.24) is 20.2 Å². The van der Waals surface area contributed by atoms with Crippen molar-refractivity contribution in [3.8, 4) is 5.69 Å². The van der Waals surface area contributed by atoms with Crippen LogP contribution in [0, 0.1) is 0 Å². The molecule has 0 amide bonds.